The highest BCUT2D eigenvalue weighted by Gasteiger charge is 2.02. The molecule has 0 saturated carbocycles. The van der Waals surface area contributed by atoms with Crippen molar-refractivity contribution in [1.82, 2.24) is 0 Å². The average Bonchev–Trinajstić information content (AvgIpc) is 2.08. The normalized spacial score (nSPS) is 8.67. The van der Waals surface area contributed by atoms with Gasteiger partial charge in [0.25, 0.3) is 0 Å². The van der Waals surface area contributed by atoms with Crippen LogP contribution in [0.5, 0.6) is 0 Å². The van der Waals surface area contributed by atoms with Gasteiger partial charge in [-0.3, -0.25) is 4.48 Å². The van der Waals surface area contributed by atoms with Crippen LogP contribution in [0.15, 0.2) is 18.3 Å². The maximum Gasteiger partial charge on any atom is 0.586 e. The Morgan fingerprint density at radius 1 is 1.42 bits per heavy atom. The molecule has 1 rings (SSSR count). The van der Waals surface area contributed by atoms with Gasteiger partial charge in [-0.2, -0.15) is 0 Å². The molecule has 0 aliphatic rings. The Labute approximate surface area is 75.3 Å². The summed E-state index contributed by atoms with van der Waals surface area (Å²) < 4.78 is 1.43. The van der Waals surface area contributed by atoms with Crippen LogP contribution in [0.2, 0.25) is 0 Å². The molecule has 2 nitrogen and oxygen atoms in total. The highest BCUT2D eigenvalue weighted by Crippen LogP contribution is 1.94. The van der Waals surface area contributed by atoms with E-state index >= 15 is 0 Å². The summed E-state index contributed by atoms with van der Waals surface area (Å²) >= 11 is 0. The molecular weight excluding hydrogens is 149 g/mol. The van der Waals surface area contributed by atoms with E-state index in [1.54, 1.807) is 12.3 Å². The number of aliphatic hydroxyl groups excluding tert-OH is 1. The molecule has 0 fully saturated rings. The van der Waals surface area contributed by atoms with Gasteiger partial charge in [0.2, 0.25) is 0 Å². The molecule has 0 saturated heterocycles. The first-order valence-electron chi connectivity index (χ1n) is 4.11. The third-order valence-corrected chi connectivity index (χ3v) is 1.37. The van der Waals surface area contributed by atoms with E-state index in [-0.39, 0.29) is 6.61 Å². The highest BCUT2D eigenvalue weighted by molar-refractivity contribution is 5.94. The molecular formula is C9H15BNO+. The maximum absolute atomic E-state index is 8.71. The number of nitrogens with zero attached hydrogens (tertiary/aromatic N) is 1. The van der Waals surface area contributed by atoms with E-state index in [4.69, 9.17) is 13.1 Å². The summed E-state index contributed by atoms with van der Waals surface area (Å²) in [6, 6.07) is 3.71. The third-order valence-electron chi connectivity index (χ3n) is 1.37. The molecule has 12 heavy (non-hydrogen) atoms. The minimum Gasteiger partial charge on any atom is -0.385 e. The average molecular weight is 164 g/mol. The molecule has 1 aromatic rings. The standard InChI is InChI=1S/C7H9BNO.C2H6/c1-6-2-3-7(5-10)9(8)4-6;1-2/h2-4,10H,5H2,1H3;1-2H3/q+1;. The molecule has 1 aromatic heterocycles. The van der Waals surface area contributed by atoms with Gasteiger partial charge in [-0.25, -0.2) is 0 Å². The monoisotopic (exact) mass is 164 g/mol. The zero-order valence-corrected chi connectivity index (χ0v) is 7.91. The van der Waals surface area contributed by atoms with Gasteiger partial charge in [0.05, 0.1) is 0 Å². The summed E-state index contributed by atoms with van der Waals surface area (Å²) in [5, 5.41) is 8.71. The number of aromatic nitrogens is 1. The first kappa shape index (κ1) is 11.2. The summed E-state index contributed by atoms with van der Waals surface area (Å²) in [5.41, 5.74) is 1.80. The van der Waals surface area contributed by atoms with E-state index in [9.17, 15) is 0 Å². The smallest absolute Gasteiger partial charge is 0.385 e. The molecule has 0 aliphatic heterocycles. The number of hydrogen-bond acceptors (Lipinski definition) is 1. The molecule has 0 atom stereocenters. The Hall–Kier alpha value is -0.825. The molecule has 3 heteroatoms. The van der Waals surface area contributed by atoms with Gasteiger partial charge in [-0.15, -0.1) is 0 Å². The number of hydrogen-bond donors (Lipinski definition) is 1. The van der Waals surface area contributed by atoms with Gasteiger partial charge < -0.3 is 5.11 Å². The van der Waals surface area contributed by atoms with E-state index in [0.717, 1.165) is 5.56 Å². The fourth-order valence-electron chi connectivity index (χ4n) is 0.793. The summed E-state index contributed by atoms with van der Waals surface area (Å²) in [4.78, 5) is 0. The second-order valence-corrected chi connectivity index (χ2v) is 2.26. The Bertz CT molecular complexity index is 238. The molecule has 2 radical (unpaired) electrons. The molecule has 1 heterocycles. The molecule has 0 amide bonds. The summed E-state index contributed by atoms with van der Waals surface area (Å²) in [6.07, 6.45) is 1.77. The molecule has 0 aliphatic carbocycles. The lowest BCUT2D eigenvalue weighted by Crippen LogP contribution is -2.36. The van der Waals surface area contributed by atoms with Crippen molar-refractivity contribution in [3.8, 4) is 0 Å². The maximum atomic E-state index is 8.71. The van der Waals surface area contributed by atoms with Crippen LogP contribution in [0, 0.1) is 6.92 Å². The quantitative estimate of drug-likeness (QED) is 0.608. The first-order chi connectivity index (χ1) is 5.74. The van der Waals surface area contributed by atoms with E-state index in [2.05, 4.69) is 0 Å². The fraction of sp³-hybridized carbons (Fsp3) is 0.444. The zero-order valence-electron chi connectivity index (χ0n) is 7.91. The Morgan fingerprint density at radius 2 is 2.00 bits per heavy atom. The lowest BCUT2D eigenvalue weighted by Gasteiger charge is -1.95. The predicted molar refractivity (Wildman–Crippen MR) is 49.8 cm³/mol. The van der Waals surface area contributed by atoms with Crippen molar-refractivity contribution < 1.29 is 9.58 Å². The molecule has 1 N–H and O–H groups in total. The molecule has 0 bridgehead atoms. The van der Waals surface area contributed by atoms with Crippen LogP contribution in [0.25, 0.3) is 0 Å². The predicted octanol–water partition coefficient (Wildman–Crippen LogP) is 0.733. The largest absolute Gasteiger partial charge is 0.586 e. The van der Waals surface area contributed by atoms with Crippen molar-refractivity contribution in [3.63, 3.8) is 0 Å². The Balaban J connectivity index is 0.000000561. The highest BCUT2D eigenvalue weighted by atomic mass is 16.3. The number of pyridine rings is 1. The summed E-state index contributed by atoms with van der Waals surface area (Å²) in [5.74, 6) is 0. The van der Waals surface area contributed by atoms with Crippen LogP contribution in [0.4, 0.5) is 0 Å². The van der Waals surface area contributed by atoms with Gasteiger partial charge in [-0.05, 0) is 13.0 Å². The number of aryl methyl sites for hydroxylation is 1. The van der Waals surface area contributed by atoms with Crippen molar-refractivity contribution in [1.29, 1.82) is 0 Å². The van der Waals surface area contributed by atoms with Crippen LogP contribution in [0.1, 0.15) is 25.1 Å². The van der Waals surface area contributed by atoms with Crippen LogP contribution >= 0.6 is 0 Å². The second kappa shape index (κ2) is 5.78. The second-order valence-electron chi connectivity index (χ2n) is 2.26. The first-order valence-corrected chi connectivity index (χ1v) is 4.11. The van der Waals surface area contributed by atoms with Crippen LogP contribution < -0.4 is 4.48 Å². The van der Waals surface area contributed by atoms with Gasteiger partial charge in [0.15, 0.2) is 5.69 Å². The Kier molecular flexibility index (Phi) is 5.38. The molecule has 0 aromatic carbocycles. The molecule has 0 spiro atoms. The summed E-state index contributed by atoms with van der Waals surface area (Å²) in [7, 11) is 5.49. The minimum atomic E-state index is -0.0171. The summed E-state index contributed by atoms with van der Waals surface area (Å²) in [6.45, 7) is 5.93. The number of aliphatic hydroxyl groups is 1. The van der Waals surface area contributed by atoms with E-state index in [1.807, 2.05) is 26.8 Å². The van der Waals surface area contributed by atoms with E-state index < -0.39 is 0 Å². The number of rotatable bonds is 1. The Morgan fingerprint density at radius 3 is 2.42 bits per heavy atom. The zero-order chi connectivity index (χ0) is 9.56. The lowest BCUT2D eigenvalue weighted by atomic mass is 10.2. The van der Waals surface area contributed by atoms with E-state index in [0.29, 0.717) is 5.69 Å². The van der Waals surface area contributed by atoms with Crippen LogP contribution in [-0.2, 0) is 6.61 Å². The third kappa shape index (κ3) is 3.05. The fourth-order valence-corrected chi connectivity index (χ4v) is 0.793. The van der Waals surface area contributed by atoms with Gasteiger partial charge in [0, 0.05) is 11.6 Å². The topological polar surface area (TPSA) is 24.1 Å². The van der Waals surface area contributed by atoms with Gasteiger partial charge in [0.1, 0.15) is 12.8 Å². The van der Waals surface area contributed by atoms with Crippen molar-refractivity contribution in [2.75, 3.05) is 0 Å². The van der Waals surface area contributed by atoms with Gasteiger partial charge >= 0.3 is 7.98 Å². The van der Waals surface area contributed by atoms with Gasteiger partial charge in [-0.1, -0.05) is 13.8 Å². The van der Waals surface area contributed by atoms with Crippen LogP contribution in [-0.4, -0.2) is 13.1 Å². The minimum absolute atomic E-state index is 0.0171. The molecule has 64 valence electrons. The van der Waals surface area contributed by atoms with Crippen molar-refractivity contribution in [2.24, 2.45) is 0 Å². The lowest BCUT2D eigenvalue weighted by molar-refractivity contribution is -0.534. The van der Waals surface area contributed by atoms with Crippen LogP contribution in [0.3, 0.4) is 0 Å². The van der Waals surface area contributed by atoms with Crippen molar-refractivity contribution >= 4 is 7.98 Å². The SMILES string of the molecule is CC.[B][n+]1cc(C)ccc1CO. The molecule has 0 unspecified atom stereocenters. The van der Waals surface area contributed by atoms with E-state index in [1.165, 1.54) is 4.48 Å². The van der Waals surface area contributed by atoms with Crippen molar-refractivity contribution in [3.05, 3.63) is 29.6 Å². The van der Waals surface area contributed by atoms with Crippen molar-refractivity contribution in [2.45, 2.75) is 27.4 Å².